The van der Waals surface area contributed by atoms with E-state index in [1.54, 1.807) is 24.7 Å². The number of fused-ring (bicyclic) bond motifs is 2. The zero-order chi connectivity index (χ0) is 20.4. The number of nitrogens with zero attached hydrogens (tertiary/aromatic N) is 2. The summed E-state index contributed by atoms with van der Waals surface area (Å²) >= 11 is 3.47. The van der Waals surface area contributed by atoms with E-state index in [4.69, 9.17) is 4.74 Å². The molecule has 0 aromatic carbocycles. The Morgan fingerprint density at radius 1 is 0.966 bits per heavy atom. The van der Waals surface area contributed by atoms with Crippen LogP contribution in [0.15, 0.2) is 17.0 Å². The third-order valence-corrected chi connectivity index (χ3v) is 6.26. The van der Waals surface area contributed by atoms with Gasteiger partial charge in [-0.15, -0.1) is 0 Å². The van der Waals surface area contributed by atoms with E-state index in [-0.39, 0.29) is 25.0 Å². The van der Waals surface area contributed by atoms with Gasteiger partial charge >= 0.3 is 5.97 Å². The molecule has 4 rings (SSSR count). The molecule has 29 heavy (non-hydrogen) atoms. The van der Waals surface area contributed by atoms with Crippen molar-refractivity contribution in [3.05, 3.63) is 44.9 Å². The molecular formula is C22H29BrN2O4. The Kier molecular flexibility index (Phi) is 7.63. The van der Waals surface area contributed by atoms with Crippen LogP contribution in [0.25, 0.3) is 0 Å². The topological polar surface area (TPSA) is 70.3 Å². The summed E-state index contributed by atoms with van der Waals surface area (Å²) in [7, 11) is 3.73. The van der Waals surface area contributed by atoms with E-state index in [9.17, 15) is 14.4 Å². The first-order chi connectivity index (χ1) is 13.3. The van der Waals surface area contributed by atoms with Gasteiger partial charge in [0.25, 0.3) is 0 Å². The van der Waals surface area contributed by atoms with Crippen molar-refractivity contribution in [2.45, 2.75) is 52.9 Å². The molecule has 0 radical (unpaired) electrons. The first-order valence-corrected chi connectivity index (χ1v) is 10.4. The first-order valence-electron chi connectivity index (χ1n) is 9.60. The maximum atomic E-state index is 11.8. The lowest BCUT2D eigenvalue weighted by atomic mass is 9.93. The van der Waals surface area contributed by atoms with Gasteiger partial charge in [0.05, 0.1) is 11.2 Å². The van der Waals surface area contributed by atoms with Crippen molar-refractivity contribution in [2.24, 2.45) is 14.1 Å². The van der Waals surface area contributed by atoms with Crippen LogP contribution in [0.5, 0.6) is 0 Å². The smallest absolute Gasteiger partial charge is 0.355 e. The minimum atomic E-state index is -0.332. The Morgan fingerprint density at radius 3 is 2.03 bits per heavy atom. The van der Waals surface area contributed by atoms with Crippen molar-refractivity contribution in [1.82, 2.24) is 9.13 Å². The highest BCUT2D eigenvalue weighted by Crippen LogP contribution is 2.29. The molecule has 0 amide bonds. The van der Waals surface area contributed by atoms with E-state index in [0.717, 1.165) is 41.4 Å². The third-order valence-electron chi connectivity index (χ3n) is 5.22. The molecule has 158 valence electrons. The summed E-state index contributed by atoms with van der Waals surface area (Å²) in [6.07, 6.45) is 8.59. The van der Waals surface area contributed by atoms with E-state index in [1.165, 1.54) is 5.56 Å². The average molecular weight is 465 g/mol. The van der Waals surface area contributed by atoms with Gasteiger partial charge in [0.1, 0.15) is 5.69 Å². The molecule has 2 aliphatic carbocycles. The summed E-state index contributed by atoms with van der Waals surface area (Å²) in [5.74, 6) is 0.0888. The van der Waals surface area contributed by atoms with E-state index in [1.807, 2.05) is 17.8 Å². The number of Topliss-reactive ketones (excluding diaryl/α,β-unsaturated/α-hetero) is 2. The molecule has 2 heterocycles. The molecule has 7 heteroatoms. The van der Waals surface area contributed by atoms with Crippen molar-refractivity contribution in [2.75, 3.05) is 6.61 Å². The van der Waals surface area contributed by atoms with E-state index in [2.05, 4.69) is 15.9 Å². The van der Waals surface area contributed by atoms with Crippen LogP contribution in [0.2, 0.25) is 0 Å². The fraction of sp³-hybridized carbons (Fsp3) is 0.500. The zero-order valence-electron chi connectivity index (χ0n) is 16.5. The number of aromatic nitrogens is 2. The number of halogens is 1. The van der Waals surface area contributed by atoms with Crippen LogP contribution in [-0.2, 0) is 31.7 Å². The van der Waals surface area contributed by atoms with Gasteiger partial charge in [0.2, 0.25) is 0 Å². The molecule has 2 aromatic rings. The summed E-state index contributed by atoms with van der Waals surface area (Å²) in [5.41, 5.74) is 4.18. The predicted molar refractivity (Wildman–Crippen MR) is 116 cm³/mol. The Bertz CT molecular complexity index is 939. The number of carbonyl (C=O) groups excluding carboxylic acids is 3. The Balaban J connectivity index is 0.000000207. The number of hydrogen-bond donors (Lipinski definition) is 0. The van der Waals surface area contributed by atoms with Crippen LogP contribution >= 0.6 is 15.9 Å². The first kappa shape index (κ1) is 23.1. The molecular weight excluding hydrogens is 436 g/mol. The third kappa shape index (κ3) is 4.55. The molecule has 2 aromatic heterocycles. The standard InChI is InChI=1S/C12H15NO3.C9H10BrNO.CH4/c1-3-16-12(15)11-8-5-4-6-10(14)9(8)7-13(11)2;1-11-5-7-6(9(11)10)3-2-4-8(7)12;/h7H,3-6H2,1-2H3;5H,2-4H2,1H3;1H4. The minimum Gasteiger partial charge on any atom is -0.461 e. The Morgan fingerprint density at radius 2 is 1.48 bits per heavy atom. The van der Waals surface area contributed by atoms with Gasteiger partial charge in [-0.3, -0.25) is 9.59 Å². The lowest BCUT2D eigenvalue weighted by Gasteiger charge is -2.11. The van der Waals surface area contributed by atoms with Crippen LogP contribution in [0, 0.1) is 0 Å². The Hall–Kier alpha value is -2.15. The van der Waals surface area contributed by atoms with Crippen molar-refractivity contribution < 1.29 is 19.1 Å². The monoisotopic (exact) mass is 464 g/mol. The number of ether oxygens (including phenoxy) is 1. The largest absolute Gasteiger partial charge is 0.461 e. The second-order valence-electron chi connectivity index (χ2n) is 7.18. The van der Waals surface area contributed by atoms with Gasteiger partial charge in [-0.05, 0) is 59.7 Å². The summed E-state index contributed by atoms with van der Waals surface area (Å²) in [4.78, 5) is 34.8. The number of esters is 1. The fourth-order valence-corrected chi connectivity index (χ4v) is 4.40. The summed E-state index contributed by atoms with van der Waals surface area (Å²) in [5, 5.41) is 0. The van der Waals surface area contributed by atoms with Crippen LogP contribution < -0.4 is 0 Å². The Labute approximate surface area is 180 Å². The zero-order valence-corrected chi connectivity index (χ0v) is 18.1. The highest BCUT2D eigenvalue weighted by Gasteiger charge is 2.27. The molecule has 0 fully saturated rings. The summed E-state index contributed by atoms with van der Waals surface area (Å²) in [6, 6.07) is 0. The maximum Gasteiger partial charge on any atom is 0.355 e. The summed E-state index contributed by atoms with van der Waals surface area (Å²) in [6.45, 7) is 2.13. The minimum absolute atomic E-state index is 0. The SMILES string of the molecule is C.CCOC(=O)c1c2c(cn1C)C(=O)CCC2.Cn1cc2c(c1Br)CCCC2=O. The molecule has 0 spiro atoms. The molecule has 0 atom stereocenters. The highest BCUT2D eigenvalue weighted by atomic mass is 79.9. The van der Waals surface area contributed by atoms with Crippen LogP contribution in [0.3, 0.4) is 0 Å². The van der Waals surface area contributed by atoms with E-state index < -0.39 is 0 Å². The van der Waals surface area contributed by atoms with Crippen LogP contribution in [-0.4, -0.2) is 33.3 Å². The van der Waals surface area contributed by atoms with Gasteiger partial charge < -0.3 is 13.9 Å². The lowest BCUT2D eigenvalue weighted by molar-refractivity contribution is 0.0513. The maximum absolute atomic E-state index is 11.8. The fourth-order valence-electron chi connectivity index (χ4n) is 3.89. The number of carbonyl (C=O) groups is 3. The van der Waals surface area contributed by atoms with Gasteiger partial charge in [-0.2, -0.15) is 0 Å². The molecule has 0 aliphatic heterocycles. The van der Waals surface area contributed by atoms with Crippen LogP contribution in [0.4, 0.5) is 0 Å². The van der Waals surface area contributed by atoms with Gasteiger partial charge in [-0.25, -0.2) is 4.79 Å². The summed E-state index contributed by atoms with van der Waals surface area (Å²) < 4.78 is 9.72. The average Bonchev–Trinajstić information content (AvgIpc) is 3.15. The molecule has 6 nitrogen and oxygen atoms in total. The molecule has 0 saturated carbocycles. The van der Waals surface area contributed by atoms with Crippen LogP contribution in [0.1, 0.15) is 82.4 Å². The van der Waals surface area contributed by atoms with Gasteiger partial charge in [0, 0.05) is 50.5 Å². The molecule has 0 bridgehead atoms. The molecule has 0 N–H and O–H groups in total. The van der Waals surface area contributed by atoms with E-state index in [0.29, 0.717) is 30.7 Å². The van der Waals surface area contributed by atoms with Crippen molar-refractivity contribution in [3.63, 3.8) is 0 Å². The quantitative estimate of drug-likeness (QED) is 0.605. The lowest BCUT2D eigenvalue weighted by Crippen LogP contribution is -2.14. The number of ketones is 2. The second kappa shape index (κ2) is 9.57. The van der Waals surface area contributed by atoms with Gasteiger partial charge in [0.15, 0.2) is 11.6 Å². The van der Waals surface area contributed by atoms with Gasteiger partial charge in [-0.1, -0.05) is 7.43 Å². The van der Waals surface area contributed by atoms with Crippen molar-refractivity contribution in [3.8, 4) is 0 Å². The number of rotatable bonds is 2. The molecule has 0 unspecified atom stereocenters. The van der Waals surface area contributed by atoms with Crippen molar-refractivity contribution in [1.29, 1.82) is 0 Å². The van der Waals surface area contributed by atoms with E-state index >= 15 is 0 Å². The predicted octanol–water partition coefficient (Wildman–Crippen LogP) is 4.66. The highest BCUT2D eigenvalue weighted by molar-refractivity contribution is 9.10. The number of aryl methyl sites for hydroxylation is 2. The second-order valence-corrected chi connectivity index (χ2v) is 7.93. The molecule has 0 saturated heterocycles. The van der Waals surface area contributed by atoms with Crippen molar-refractivity contribution >= 4 is 33.5 Å². The number of hydrogen-bond acceptors (Lipinski definition) is 4. The molecule has 2 aliphatic rings. The normalized spacial score (nSPS) is 14.9.